The van der Waals surface area contributed by atoms with Gasteiger partial charge in [0, 0.05) is 18.7 Å². The Balaban J connectivity index is 1.71. The van der Waals surface area contributed by atoms with Gasteiger partial charge in [-0.25, -0.2) is 4.98 Å². The largest absolute Gasteiger partial charge is 0.370 e. The topological polar surface area (TPSA) is 31.9 Å². The third kappa shape index (κ3) is 3.15. The van der Waals surface area contributed by atoms with Crippen molar-refractivity contribution in [2.45, 2.75) is 45.4 Å². The second kappa shape index (κ2) is 6.21. The summed E-state index contributed by atoms with van der Waals surface area (Å²) in [7, 11) is 0. The van der Waals surface area contributed by atoms with E-state index in [1.807, 2.05) is 0 Å². The van der Waals surface area contributed by atoms with Crippen molar-refractivity contribution >= 4 is 16.7 Å². The number of aromatic nitrogens is 2. The van der Waals surface area contributed by atoms with Crippen LogP contribution in [0, 0.1) is 0 Å². The molecule has 3 aromatic rings. The normalized spacial score (nSPS) is 15.7. The highest BCUT2D eigenvalue weighted by Crippen LogP contribution is 2.31. The number of benzene rings is 2. The van der Waals surface area contributed by atoms with Gasteiger partial charge in [-0.15, -0.1) is 0 Å². The summed E-state index contributed by atoms with van der Waals surface area (Å²) >= 11 is 0. The highest BCUT2D eigenvalue weighted by Gasteiger charge is 2.17. The van der Waals surface area contributed by atoms with Crippen LogP contribution in [0.1, 0.15) is 45.6 Å². The summed E-state index contributed by atoms with van der Waals surface area (Å²) in [4.78, 5) is 10.9. The molecule has 0 saturated carbocycles. The van der Waals surface area contributed by atoms with Crippen LogP contribution in [0.5, 0.6) is 0 Å². The number of anilines is 1. The molecule has 1 aromatic heterocycles. The first-order chi connectivity index (χ1) is 12.0. The molecule has 2 aromatic carbocycles. The molecule has 0 unspecified atom stereocenters. The van der Waals surface area contributed by atoms with Crippen molar-refractivity contribution in [1.29, 1.82) is 0 Å². The number of imidazole rings is 1. The number of nitrogens with one attached hydrogen (secondary N) is 1. The van der Waals surface area contributed by atoms with E-state index < -0.39 is 0 Å². The lowest BCUT2D eigenvalue weighted by atomic mass is 9.87. The van der Waals surface area contributed by atoms with E-state index in [-0.39, 0.29) is 5.41 Å². The van der Waals surface area contributed by atoms with E-state index in [4.69, 9.17) is 4.98 Å². The number of fused-ring (bicyclic) bond motifs is 1. The summed E-state index contributed by atoms with van der Waals surface area (Å²) in [5.74, 6) is 0.958. The molecule has 1 aliphatic rings. The highest BCUT2D eigenvalue weighted by atomic mass is 15.1. The minimum absolute atomic E-state index is 0.174. The van der Waals surface area contributed by atoms with E-state index in [0.717, 1.165) is 35.5 Å². The van der Waals surface area contributed by atoms with E-state index >= 15 is 0 Å². The van der Waals surface area contributed by atoms with Gasteiger partial charge in [0.25, 0.3) is 0 Å². The first kappa shape index (κ1) is 16.2. The predicted molar refractivity (Wildman–Crippen MR) is 106 cm³/mol. The average molecular weight is 333 g/mol. The molecule has 0 spiro atoms. The molecule has 1 N–H and O–H groups in total. The number of hydrogen-bond donors (Lipinski definition) is 1. The molecule has 0 amide bonds. The molecule has 130 valence electrons. The van der Waals surface area contributed by atoms with Crippen molar-refractivity contribution in [3.05, 3.63) is 48.0 Å². The van der Waals surface area contributed by atoms with E-state index in [2.05, 4.69) is 73.1 Å². The van der Waals surface area contributed by atoms with Gasteiger partial charge in [0.05, 0.1) is 11.2 Å². The van der Waals surface area contributed by atoms with Crippen LogP contribution in [0.15, 0.2) is 42.5 Å². The fraction of sp³-hybridized carbons (Fsp3) is 0.409. The summed E-state index contributed by atoms with van der Waals surface area (Å²) in [6.07, 6.45) is 3.91. The molecule has 2 heterocycles. The van der Waals surface area contributed by atoms with Crippen LogP contribution in [-0.2, 0) is 5.41 Å². The number of rotatable bonds is 2. The van der Waals surface area contributed by atoms with Crippen molar-refractivity contribution in [2.24, 2.45) is 0 Å². The molecule has 3 nitrogen and oxygen atoms in total. The maximum atomic E-state index is 4.95. The zero-order valence-corrected chi connectivity index (χ0v) is 15.5. The summed E-state index contributed by atoms with van der Waals surface area (Å²) in [5, 5.41) is 0. The van der Waals surface area contributed by atoms with Crippen molar-refractivity contribution in [3.63, 3.8) is 0 Å². The van der Waals surface area contributed by atoms with Crippen LogP contribution < -0.4 is 4.90 Å². The first-order valence-corrected chi connectivity index (χ1v) is 9.37. The smallest absolute Gasteiger partial charge is 0.138 e. The van der Waals surface area contributed by atoms with Crippen molar-refractivity contribution < 1.29 is 0 Å². The summed E-state index contributed by atoms with van der Waals surface area (Å²) < 4.78 is 0. The Morgan fingerprint density at radius 1 is 0.920 bits per heavy atom. The molecule has 0 radical (unpaired) electrons. The Bertz CT molecular complexity index is 862. The van der Waals surface area contributed by atoms with Gasteiger partial charge in [-0.1, -0.05) is 51.1 Å². The van der Waals surface area contributed by atoms with Gasteiger partial charge in [0.1, 0.15) is 11.3 Å². The molecule has 1 aliphatic heterocycles. The molecule has 1 fully saturated rings. The molecular formula is C22H27N3. The van der Waals surface area contributed by atoms with Gasteiger partial charge in [0.15, 0.2) is 0 Å². The third-order valence-corrected chi connectivity index (χ3v) is 5.21. The van der Waals surface area contributed by atoms with Gasteiger partial charge in [-0.2, -0.15) is 0 Å². The van der Waals surface area contributed by atoms with Crippen molar-refractivity contribution in [1.82, 2.24) is 9.97 Å². The van der Waals surface area contributed by atoms with Gasteiger partial charge in [-0.05, 0) is 42.4 Å². The lowest BCUT2D eigenvalue weighted by molar-refractivity contribution is 0.579. The maximum absolute atomic E-state index is 4.95. The Kier molecular flexibility index (Phi) is 4.03. The fourth-order valence-electron chi connectivity index (χ4n) is 3.67. The minimum Gasteiger partial charge on any atom is -0.370 e. The van der Waals surface area contributed by atoms with Gasteiger partial charge < -0.3 is 9.88 Å². The highest BCUT2D eigenvalue weighted by molar-refractivity contribution is 5.91. The second-order valence-corrected chi connectivity index (χ2v) is 8.13. The number of piperidine rings is 1. The summed E-state index contributed by atoms with van der Waals surface area (Å²) in [6.45, 7) is 9.01. The number of nitrogens with zero attached hydrogens (tertiary/aromatic N) is 2. The van der Waals surface area contributed by atoms with Crippen molar-refractivity contribution in [3.8, 4) is 11.4 Å². The monoisotopic (exact) mass is 333 g/mol. The van der Waals surface area contributed by atoms with Crippen LogP contribution in [0.25, 0.3) is 22.4 Å². The fourth-order valence-corrected chi connectivity index (χ4v) is 3.67. The third-order valence-electron chi connectivity index (χ3n) is 5.21. The minimum atomic E-state index is 0.174. The Hall–Kier alpha value is -2.29. The molecule has 0 bridgehead atoms. The molecule has 3 heteroatoms. The number of para-hydroxylation sites is 1. The maximum Gasteiger partial charge on any atom is 0.138 e. The SMILES string of the molecule is CC(C)(C)c1ccc(-c2nc3c(N4CCCCC4)cccc3[nH]2)cc1. The summed E-state index contributed by atoms with van der Waals surface area (Å²) in [5.41, 5.74) is 6.16. The molecule has 0 atom stereocenters. The average Bonchev–Trinajstić information content (AvgIpc) is 3.06. The van der Waals surface area contributed by atoms with Crippen LogP contribution in [0.3, 0.4) is 0 Å². The van der Waals surface area contributed by atoms with E-state index in [1.165, 1.54) is 30.5 Å². The van der Waals surface area contributed by atoms with Gasteiger partial charge in [-0.3, -0.25) is 0 Å². The molecule has 1 saturated heterocycles. The number of H-pyrrole nitrogens is 1. The van der Waals surface area contributed by atoms with Gasteiger partial charge >= 0.3 is 0 Å². The Labute approximate surface area is 150 Å². The predicted octanol–water partition coefficient (Wildman–Crippen LogP) is 5.52. The van der Waals surface area contributed by atoms with E-state index in [9.17, 15) is 0 Å². The molecular weight excluding hydrogens is 306 g/mol. The zero-order valence-electron chi connectivity index (χ0n) is 15.5. The zero-order chi connectivity index (χ0) is 17.4. The lowest BCUT2D eigenvalue weighted by Gasteiger charge is -2.28. The first-order valence-electron chi connectivity index (χ1n) is 9.37. The van der Waals surface area contributed by atoms with E-state index in [1.54, 1.807) is 0 Å². The second-order valence-electron chi connectivity index (χ2n) is 8.13. The lowest BCUT2D eigenvalue weighted by Crippen LogP contribution is -2.29. The van der Waals surface area contributed by atoms with Crippen LogP contribution in [0.2, 0.25) is 0 Å². The number of hydrogen-bond acceptors (Lipinski definition) is 2. The van der Waals surface area contributed by atoms with Crippen LogP contribution in [0.4, 0.5) is 5.69 Å². The molecule has 25 heavy (non-hydrogen) atoms. The van der Waals surface area contributed by atoms with E-state index in [0.29, 0.717) is 0 Å². The molecule has 4 rings (SSSR count). The summed E-state index contributed by atoms with van der Waals surface area (Å²) in [6, 6.07) is 15.3. The van der Waals surface area contributed by atoms with Gasteiger partial charge in [0.2, 0.25) is 0 Å². The quantitative estimate of drug-likeness (QED) is 0.670. The van der Waals surface area contributed by atoms with Crippen molar-refractivity contribution in [2.75, 3.05) is 18.0 Å². The van der Waals surface area contributed by atoms with Crippen LogP contribution in [-0.4, -0.2) is 23.1 Å². The Morgan fingerprint density at radius 2 is 1.64 bits per heavy atom. The molecule has 0 aliphatic carbocycles. The standard InChI is InChI=1S/C22H27N3/c1-22(2,3)17-12-10-16(11-13-17)21-23-18-8-7-9-19(20(18)24-21)25-14-5-4-6-15-25/h7-13H,4-6,14-15H2,1-3H3,(H,23,24). The Morgan fingerprint density at radius 3 is 2.32 bits per heavy atom. The van der Waals surface area contributed by atoms with Crippen LogP contribution >= 0.6 is 0 Å². The number of aromatic amines is 1.